The lowest BCUT2D eigenvalue weighted by Gasteiger charge is -2.36. The summed E-state index contributed by atoms with van der Waals surface area (Å²) in [5, 5.41) is 6.24. The molecule has 2 N–H and O–H groups in total. The van der Waals surface area contributed by atoms with Crippen LogP contribution in [0.2, 0.25) is 0 Å². The van der Waals surface area contributed by atoms with Crippen molar-refractivity contribution in [3.8, 4) is 0 Å². The fourth-order valence-corrected chi connectivity index (χ4v) is 3.25. The van der Waals surface area contributed by atoms with Crippen molar-refractivity contribution >= 4 is 47.4 Å². The summed E-state index contributed by atoms with van der Waals surface area (Å²) in [5.41, 5.74) is 1.85. The minimum atomic E-state index is -0.0729. The standard InChI is InChI=1S/C23H31N5O3.HI/c1-4-24-23(25-16-18-7-9-19(10-8-18)26-21(29)17(2)3)28-13-11-27(12-14-28)22(30)20-6-5-15-31-20;/h5-10,15,17H,4,11-14,16H2,1-3H3,(H,24,25)(H,26,29);1H. The molecule has 1 aliphatic heterocycles. The quantitative estimate of drug-likeness (QED) is 0.325. The molecule has 8 nitrogen and oxygen atoms in total. The van der Waals surface area contributed by atoms with Crippen LogP contribution >= 0.6 is 24.0 Å². The van der Waals surface area contributed by atoms with Gasteiger partial charge in [0, 0.05) is 44.3 Å². The molecule has 3 rings (SSSR count). The van der Waals surface area contributed by atoms with Crippen LogP contribution in [0.25, 0.3) is 0 Å². The van der Waals surface area contributed by atoms with Gasteiger partial charge in [0.05, 0.1) is 12.8 Å². The van der Waals surface area contributed by atoms with Gasteiger partial charge >= 0.3 is 0 Å². The minimum Gasteiger partial charge on any atom is -0.459 e. The van der Waals surface area contributed by atoms with Crippen LogP contribution in [0.5, 0.6) is 0 Å². The van der Waals surface area contributed by atoms with E-state index in [1.165, 1.54) is 6.26 Å². The van der Waals surface area contributed by atoms with Crippen molar-refractivity contribution in [2.24, 2.45) is 10.9 Å². The van der Waals surface area contributed by atoms with Crippen LogP contribution in [0.1, 0.15) is 36.9 Å². The van der Waals surface area contributed by atoms with Crippen LogP contribution in [0.15, 0.2) is 52.1 Å². The number of nitrogens with zero attached hydrogens (tertiary/aromatic N) is 3. The number of benzene rings is 1. The van der Waals surface area contributed by atoms with E-state index in [1.54, 1.807) is 12.1 Å². The Morgan fingerprint density at radius 3 is 2.28 bits per heavy atom. The molecule has 1 aliphatic rings. The Hall–Kier alpha value is -2.56. The summed E-state index contributed by atoms with van der Waals surface area (Å²) in [6.07, 6.45) is 1.52. The van der Waals surface area contributed by atoms with Gasteiger partial charge in [0.1, 0.15) is 0 Å². The molecule has 1 aromatic heterocycles. The van der Waals surface area contributed by atoms with Crippen molar-refractivity contribution < 1.29 is 14.0 Å². The van der Waals surface area contributed by atoms with Crippen molar-refractivity contribution in [3.63, 3.8) is 0 Å². The first-order chi connectivity index (χ1) is 15.0. The second kappa shape index (κ2) is 12.5. The van der Waals surface area contributed by atoms with Crippen molar-refractivity contribution in [1.82, 2.24) is 15.1 Å². The highest BCUT2D eigenvalue weighted by atomic mass is 127. The number of rotatable bonds is 6. The molecule has 2 heterocycles. The average Bonchev–Trinajstić information content (AvgIpc) is 3.32. The lowest BCUT2D eigenvalue weighted by molar-refractivity contribution is -0.118. The van der Waals surface area contributed by atoms with Crippen molar-refractivity contribution in [3.05, 3.63) is 54.0 Å². The van der Waals surface area contributed by atoms with Gasteiger partial charge in [-0.15, -0.1) is 24.0 Å². The van der Waals surface area contributed by atoms with Gasteiger partial charge in [-0.05, 0) is 36.8 Å². The third kappa shape index (κ3) is 6.98. The summed E-state index contributed by atoms with van der Waals surface area (Å²) in [6, 6.07) is 11.2. The SMILES string of the molecule is CCNC(=NCc1ccc(NC(=O)C(C)C)cc1)N1CCN(C(=O)c2ccco2)CC1.I. The zero-order valence-corrected chi connectivity index (χ0v) is 21.2. The fraction of sp³-hybridized carbons (Fsp3) is 0.435. The Morgan fingerprint density at radius 1 is 1.06 bits per heavy atom. The molecule has 1 saturated heterocycles. The zero-order valence-electron chi connectivity index (χ0n) is 18.8. The van der Waals surface area contributed by atoms with E-state index in [9.17, 15) is 9.59 Å². The number of amides is 2. The summed E-state index contributed by atoms with van der Waals surface area (Å²) in [6.45, 7) is 9.73. The Labute approximate surface area is 206 Å². The van der Waals surface area contributed by atoms with Crippen LogP contribution < -0.4 is 10.6 Å². The molecule has 0 spiro atoms. The lowest BCUT2D eigenvalue weighted by atomic mass is 10.1. The smallest absolute Gasteiger partial charge is 0.289 e. The number of carbonyl (C=O) groups is 2. The van der Waals surface area contributed by atoms with Gasteiger partial charge in [-0.2, -0.15) is 0 Å². The maximum absolute atomic E-state index is 12.4. The highest BCUT2D eigenvalue weighted by Gasteiger charge is 2.25. The van der Waals surface area contributed by atoms with Gasteiger partial charge in [-0.25, -0.2) is 4.99 Å². The third-order valence-electron chi connectivity index (χ3n) is 5.09. The number of guanidine groups is 1. The van der Waals surface area contributed by atoms with Gasteiger partial charge in [0.25, 0.3) is 5.91 Å². The summed E-state index contributed by atoms with van der Waals surface area (Å²) < 4.78 is 5.23. The number of furan rings is 1. The third-order valence-corrected chi connectivity index (χ3v) is 5.09. The average molecular weight is 553 g/mol. The predicted octanol–water partition coefficient (Wildman–Crippen LogP) is 3.42. The summed E-state index contributed by atoms with van der Waals surface area (Å²) in [5.74, 6) is 1.09. The Kier molecular flexibility index (Phi) is 10.0. The summed E-state index contributed by atoms with van der Waals surface area (Å²) in [7, 11) is 0. The second-order valence-electron chi connectivity index (χ2n) is 7.77. The normalized spacial score (nSPS) is 14.2. The van der Waals surface area contributed by atoms with E-state index < -0.39 is 0 Å². The maximum Gasteiger partial charge on any atom is 0.289 e. The van der Waals surface area contributed by atoms with Crippen LogP contribution in [0, 0.1) is 5.92 Å². The number of piperazine rings is 1. The summed E-state index contributed by atoms with van der Waals surface area (Å²) >= 11 is 0. The first-order valence-corrected chi connectivity index (χ1v) is 10.7. The van der Waals surface area contributed by atoms with E-state index in [-0.39, 0.29) is 41.7 Å². The molecule has 0 aliphatic carbocycles. The molecule has 1 aromatic carbocycles. The largest absolute Gasteiger partial charge is 0.459 e. The molecule has 9 heteroatoms. The van der Waals surface area contributed by atoms with Crippen LogP contribution in [-0.2, 0) is 11.3 Å². The molecular weight excluding hydrogens is 521 g/mol. The van der Waals surface area contributed by atoms with E-state index in [0.717, 1.165) is 23.8 Å². The minimum absolute atomic E-state index is 0. The maximum atomic E-state index is 12.4. The van der Waals surface area contributed by atoms with Gasteiger partial charge in [0.15, 0.2) is 11.7 Å². The molecule has 0 radical (unpaired) electrons. The molecule has 0 saturated carbocycles. The van der Waals surface area contributed by atoms with E-state index in [1.807, 2.05) is 49.9 Å². The number of halogens is 1. The first-order valence-electron chi connectivity index (χ1n) is 10.7. The summed E-state index contributed by atoms with van der Waals surface area (Å²) in [4.78, 5) is 33.0. The van der Waals surface area contributed by atoms with E-state index in [4.69, 9.17) is 9.41 Å². The van der Waals surface area contributed by atoms with E-state index in [0.29, 0.717) is 38.5 Å². The number of carbonyl (C=O) groups excluding carboxylic acids is 2. The lowest BCUT2D eigenvalue weighted by Crippen LogP contribution is -2.53. The highest BCUT2D eigenvalue weighted by molar-refractivity contribution is 14.0. The Morgan fingerprint density at radius 2 is 1.72 bits per heavy atom. The first kappa shape index (κ1) is 25.7. The fourth-order valence-electron chi connectivity index (χ4n) is 3.25. The molecule has 2 amide bonds. The molecule has 0 unspecified atom stereocenters. The topological polar surface area (TPSA) is 90.2 Å². The molecule has 0 atom stereocenters. The molecule has 2 aromatic rings. The Balaban J connectivity index is 0.00000363. The molecular formula is C23H32IN5O3. The van der Waals surface area contributed by atoms with Crippen molar-refractivity contribution in [2.45, 2.75) is 27.3 Å². The van der Waals surface area contributed by atoms with Gasteiger partial charge in [-0.1, -0.05) is 26.0 Å². The number of nitrogens with one attached hydrogen (secondary N) is 2. The number of hydrogen-bond donors (Lipinski definition) is 2. The van der Waals surface area contributed by atoms with Crippen molar-refractivity contribution in [1.29, 1.82) is 0 Å². The van der Waals surface area contributed by atoms with Gasteiger partial charge < -0.3 is 24.9 Å². The Bertz CT molecular complexity index is 889. The monoisotopic (exact) mass is 553 g/mol. The van der Waals surface area contributed by atoms with E-state index >= 15 is 0 Å². The number of aliphatic imine (C=N–C) groups is 1. The van der Waals surface area contributed by atoms with Crippen LogP contribution in [-0.4, -0.2) is 60.3 Å². The molecule has 1 fully saturated rings. The highest BCUT2D eigenvalue weighted by Crippen LogP contribution is 2.13. The van der Waals surface area contributed by atoms with Crippen LogP contribution in [0.3, 0.4) is 0 Å². The van der Waals surface area contributed by atoms with E-state index in [2.05, 4.69) is 15.5 Å². The predicted molar refractivity (Wildman–Crippen MR) is 136 cm³/mol. The van der Waals surface area contributed by atoms with Crippen LogP contribution in [0.4, 0.5) is 5.69 Å². The van der Waals surface area contributed by atoms with Gasteiger partial charge in [0.2, 0.25) is 5.91 Å². The molecule has 32 heavy (non-hydrogen) atoms. The second-order valence-corrected chi connectivity index (χ2v) is 7.77. The van der Waals surface area contributed by atoms with Crippen molar-refractivity contribution in [2.75, 3.05) is 38.0 Å². The molecule has 0 bridgehead atoms. The van der Waals surface area contributed by atoms with Gasteiger partial charge in [-0.3, -0.25) is 9.59 Å². The number of hydrogen-bond acceptors (Lipinski definition) is 4. The number of anilines is 1. The molecule has 174 valence electrons. The zero-order chi connectivity index (χ0) is 22.2.